The van der Waals surface area contributed by atoms with Crippen LogP contribution in [0.15, 0.2) is 77.7 Å². The Morgan fingerprint density at radius 3 is 2.32 bits per heavy atom. The van der Waals surface area contributed by atoms with Crippen LogP contribution in [0.5, 0.6) is 0 Å². The number of amides is 1. The van der Waals surface area contributed by atoms with Crippen LogP contribution in [0, 0.1) is 6.92 Å². The smallest absolute Gasteiger partial charge is 0.243 e. The first-order chi connectivity index (χ1) is 17.7. The standard InChI is InChI=1S/C28H30Cl2N2O4S/c1-21-7-10-25(11-8-21)37(34,35)31-14-13-28(33)32(16-15-31)24(17-22-5-3-2-4-6-22)20-36-19-23-9-12-26(29)27(30)18-23/h2-12,18,24H,13-17,19-20H2,1H3/t24-/m0/s1. The number of rotatable bonds is 9. The molecule has 1 fully saturated rings. The first-order valence-electron chi connectivity index (χ1n) is 12.2. The molecule has 1 saturated heterocycles. The van der Waals surface area contributed by atoms with Crippen LogP contribution in [0.25, 0.3) is 0 Å². The Balaban J connectivity index is 1.49. The molecule has 6 nitrogen and oxygen atoms in total. The van der Waals surface area contributed by atoms with E-state index in [9.17, 15) is 13.2 Å². The van der Waals surface area contributed by atoms with Crippen molar-refractivity contribution in [1.29, 1.82) is 0 Å². The summed E-state index contributed by atoms with van der Waals surface area (Å²) in [5.41, 5.74) is 2.94. The minimum Gasteiger partial charge on any atom is -0.375 e. The third-order valence-electron chi connectivity index (χ3n) is 6.46. The lowest BCUT2D eigenvalue weighted by molar-refractivity contribution is -0.134. The van der Waals surface area contributed by atoms with Gasteiger partial charge in [-0.2, -0.15) is 4.31 Å². The molecule has 9 heteroatoms. The van der Waals surface area contributed by atoms with Crippen LogP contribution in [0.4, 0.5) is 0 Å². The Morgan fingerprint density at radius 2 is 1.62 bits per heavy atom. The van der Waals surface area contributed by atoms with Crippen molar-refractivity contribution in [2.45, 2.75) is 37.3 Å². The van der Waals surface area contributed by atoms with Crippen LogP contribution in [0.2, 0.25) is 10.0 Å². The van der Waals surface area contributed by atoms with Gasteiger partial charge in [-0.3, -0.25) is 4.79 Å². The quantitative estimate of drug-likeness (QED) is 0.353. The van der Waals surface area contributed by atoms with Crippen molar-refractivity contribution in [3.05, 3.63) is 99.5 Å². The molecule has 1 aliphatic rings. The molecule has 196 valence electrons. The highest BCUT2D eigenvalue weighted by atomic mass is 35.5. The predicted octanol–water partition coefficient (Wildman–Crippen LogP) is 5.35. The maximum atomic E-state index is 13.3. The van der Waals surface area contributed by atoms with Gasteiger partial charge < -0.3 is 9.64 Å². The van der Waals surface area contributed by atoms with E-state index in [2.05, 4.69) is 0 Å². The lowest BCUT2D eigenvalue weighted by Crippen LogP contribution is -2.45. The van der Waals surface area contributed by atoms with Crippen molar-refractivity contribution in [3.8, 4) is 0 Å². The second-order valence-electron chi connectivity index (χ2n) is 9.16. The minimum atomic E-state index is -3.69. The number of aryl methyl sites for hydroxylation is 1. The number of carbonyl (C=O) groups is 1. The van der Waals surface area contributed by atoms with Crippen LogP contribution < -0.4 is 0 Å². The molecule has 0 saturated carbocycles. The van der Waals surface area contributed by atoms with Crippen LogP contribution in [-0.2, 0) is 32.6 Å². The summed E-state index contributed by atoms with van der Waals surface area (Å²) in [6.07, 6.45) is 0.710. The molecule has 3 aromatic carbocycles. The molecule has 0 unspecified atom stereocenters. The van der Waals surface area contributed by atoms with E-state index >= 15 is 0 Å². The second kappa shape index (κ2) is 12.4. The number of benzene rings is 3. The van der Waals surface area contributed by atoms with Crippen molar-refractivity contribution in [2.24, 2.45) is 0 Å². The number of nitrogens with zero attached hydrogens (tertiary/aromatic N) is 2. The van der Waals surface area contributed by atoms with Crippen molar-refractivity contribution in [2.75, 3.05) is 26.2 Å². The Labute approximate surface area is 228 Å². The van der Waals surface area contributed by atoms with Gasteiger partial charge >= 0.3 is 0 Å². The largest absolute Gasteiger partial charge is 0.375 e. The molecule has 1 heterocycles. The summed E-state index contributed by atoms with van der Waals surface area (Å²) in [6.45, 7) is 3.18. The zero-order valence-corrected chi connectivity index (χ0v) is 23.0. The van der Waals surface area contributed by atoms with Gasteiger partial charge in [-0.05, 0) is 48.7 Å². The number of hydrogen-bond acceptors (Lipinski definition) is 4. The van der Waals surface area contributed by atoms with Crippen LogP contribution in [0.3, 0.4) is 0 Å². The van der Waals surface area contributed by atoms with Gasteiger partial charge in [0.15, 0.2) is 0 Å². The highest BCUT2D eigenvalue weighted by Crippen LogP contribution is 2.24. The molecular formula is C28H30Cl2N2O4S. The van der Waals surface area contributed by atoms with Crippen molar-refractivity contribution < 1.29 is 17.9 Å². The first kappa shape index (κ1) is 27.6. The molecule has 1 amide bonds. The number of hydrogen-bond donors (Lipinski definition) is 0. The summed E-state index contributed by atoms with van der Waals surface area (Å²) >= 11 is 12.1. The van der Waals surface area contributed by atoms with Crippen LogP contribution in [-0.4, -0.2) is 55.8 Å². The fourth-order valence-corrected chi connectivity index (χ4v) is 6.15. The zero-order chi connectivity index (χ0) is 26.4. The van der Waals surface area contributed by atoms with E-state index in [1.54, 1.807) is 41.3 Å². The van der Waals surface area contributed by atoms with Crippen molar-refractivity contribution in [1.82, 2.24) is 9.21 Å². The van der Waals surface area contributed by atoms with E-state index in [0.717, 1.165) is 16.7 Å². The van der Waals surface area contributed by atoms with Gasteiger partial charge in [0.25, 0.3) is 0 Å². The lowest BCUT2D eigenvalue weighted by atomic mass is 10.0. The monoisotopic (exact) mass is 560 g/mol. The van der Waals surface area contributed by atoms with E-state index in [0.29, 0.717) is 29.7 Å². The van der Waals surface area contributed by atoms with E-state index < -0.39 is 10.0 Å². The molecule has 37 heavy (non-hydrogen) atoms. The van der Waals surface area contributed by atoms with Crippen molar-refractivity contribution in [3.63, 3.8) is 0 Å². The summed E-state index contributed by atoms with van der Waals surface area (Å²) in [7, 11) is -3.69. The molecule has 4 rings (SSSR count). The van der Waals surface area contributed by atoms with Gasteiger partial charge in [0.2, 0.25) is 15.9 Å². The molecular weight excluding hydrogens is 531 g/mol. The Bertz CT molecular complexity index is 1320. The van der Waals surface area contributed by atoms with Gasteiger partial charge in [-0.1, -0.05) is 77.3 Å². The number of halogens is 2. The molecule has 0 N–H and O–H groups in total. The van der Waals surface area contributed by atoms with Gasteiger partial charge in [0.1, 0.15) is 0 Å². The van der Waals surface area contributed by atoms with Crippen molar-refractivity contribution >= 4 is 39.1 Å². The average molecular weight is 562 g/mol. The van der Waals surface area contributed by atoms with Crippen LogP contribution in [0.1, 0.15) is 23.1 Å². The first-order valence-corrected chi connectivity index (χ1v) is 14.4. The van der Waals surface area contributed by atoms with E-state index in [-0.39, 0.29) is 42.9 Å². The molecule has 1 aliphatic heterocycles. The predicted molar refractivity (Wildman–Crippen MR) is 146 cm³/mol. The second-order valence-corrected chi connectivity index (χ2v) is 11.9. The minimum absolute atomic E-state index is 0.0827. The van der Waals surface area contributed by atoms with E-state index in [1.807, 2.05) is 43.3 Å². The Kier molecular flexibility index (Phi) is 9.27. The molecule has 1 atom stereocenters. The molecule has 3 aromatic rings. The average Bonchev–Trinajstić information content (AvgIpc) is 3.08. The van der Waals surface area contributed by atoms with Gasteiger partial charge in [-0.25, -0.2) is 8.42 Å². The number of sulfonamides is 1. The number of carbonyl (C=O) groups excluding carboxylic acids is 1. The third kappa shape index (κ3) is 7.12. The van der Waals surface area contributed by atoms with Gasteiger partial charge in [0, 0.05) is 26.1 Å². The highest BCUT2D eigenvalue weighted by molar-refractivity contribution is 7.89. The SMILES string of the molecule is Cc1ccc(S(=O)(=O)N2CCC(=O)N([C@H](COCc3ccc(Cl)c(Cl)c3)Cc3ccccc3)CC2)cc1. The Morgan fingerprint density at radius 1 is 0.892 bits per heavy atom. The van der Waals surface area contributed by atoms with Gasteiger partial charge in [0.05, 0.1) is 34.2 Å². The lowest BCUT2D eigenvalue weighted by Gasteiger charge is -2.31. The fraction of sp³-hybridized carbons (Fsp3) is 0.321. The third-order valence-corrected chi connectivity index (χ3v) is 9.11. The molecule has 0 bridgehead atoms. The van der Waals surface area contributed by atoms with E-state index in [4.69, 9.17) is 27.9 Å². The number of ether oxygens (including phenoxy) is 1. The Hall–Kier alpha value is -2.42. The summed E-state index contributed by atoms with van der Waals surface area (Å²) in [6, 6.07) is 21.8. The summed E-state index contributed by atoms with van der Waals surface area (Å²) in [5.74, 6) is -0.0827. The van der Waals surface area contributed by atoms with E-state index in [1.165, 1.54) is 4.31 Å². The molecule has 0 spiro atoms. The topological polar surface area (TPSA) is 66.9 Å². The maximum Gasteiger partial charge on any atom is 0.243 e. The maximum absolute atomic E-state index is 13.3. The summed E-state index contributed by atoms with van der Waals surface area (Å²) < 4.78 is 34.0. The van der Waals surface area contributed by atoms with Gasteiger partial charge in [-0.15, -0.1) is 0 Å². The normalized spacial score (nSPS) is 16.0. The highest BCUT2D eigenvalue weighted by Gasteiger charge is 2.32. The molecule has 0 radical (unpaired) electrons. The summed E-state index contributed by atoms with van der Waals surface area (Å²) in [4.78, 5) is 15.2. The summed E-state index contributed by atoms with van der Waals surface area (Å²) in [5, 5.41) is 0.939. The molecule has 0 aliphatic carbocycles. The zero-order valence-electron chi connectivity index (χ0n) is 20.6. The molecule has 0 aromatic heterocycles. The fourth-order valence-electron chi connectivity index (χ4n) is 4.39. The van der Waals surface area contributed by atoms with Crippen LogP contribution >= 0.6 is 23.2 Å².